The van der Waals surface area contributed by atoms with Crippen molar-refractivity contribution in [2.24, 2.45) is 0 Å². The molecular weight excluding hydrogens is 459 g/mol. The van der Waals surface area contributed by atoms with Gasteiger partial charge in [-0.15, -0.1) is 11.3 Å². The molecule has 7 nitrogen and oxygen atoms in total. The van der Waals surface area contributed by atoms with Crippen LogP contribution in [0.25, 0.3) is 10.6 Å². The maximum atomic E-state index is 13.6. The molecule has 1 aromatic heterocycles. The van der Waals surface area contributed by atoms with Gasteiger partial charge in [0.1, 0.15) is 9.88 Å². The lowest BCUT2D eigenvalue weighted by atomic mass is 10.2. The van der Waals surface area contributed by atoms with Crippen molar-refractivity contribution in [3.8, 4) is 10.6 Å². The van der Waals surface area contributed by atoms with Crippen molar-refractivity contribution in [3.05, 3.63) is 70.5 Å². The molecule has 3 rings (SSSR count). The SMILES string of the molecule is Cc1nc(-c2ccccc2)sc1C(=O)OC(C)C(=O)NCC(=O)Nc1ccc(F)c(F)c1F. The van der Waals surface area contributed by atoms with Crippen LogP contribution in [0.4, 0.5) is 18.9 Å². The van der Waals surface area contributed by atoms with Gasteiger partial charge in [0.15, 0.2) is 23.6 Å². The van der Waals surface area contributed by atoms with E-state index in [0.717, 1.165) is 23.0 Å². The van der Waals surface area contributed by atoms with E-state index in [2.05, 4.69) is 10.3 Å². The standard InChI is InChI=1S/C22H18F3N3O4S/c1-11-19(33-21(27-11)13-6-4-3-5-7-13)22(31)32-12(2)20(30)26-10-16(29)28-15-9-8-14(23)17(24)18(15)25/h3-9,12H,10H2,1-2H3,(H,26,30)(H,28,29). The predicted octanol–water partition coefficient (Wildman–Crippen LogP) is 3.84. The molecule has 33 heavy (non-hydrogen) atoms. The van der Waals surface area contributed by atoms with Crippen LogP contribution in [0.2, 0.25) is 0 Å². The number of ether oxygens (including phenoxy) is 1. The highest BCUT2D eigenvalue weighted by Crippen LogP contribution is 2.28. The molecule has 0 bridgehead atoms. The number of carbonyl (C=O) groups is 3. The van der Waals surface area contributed by atoms with Gasteiger partial charge >= 0.3 is 5.97 Å². The Labute approximate surface area is 190 Å². The minimum absolute atomic E-state index is 0.236. The van der Waals surface area contributed by atoms with Gasteiger partial charge in [0.2, 0.25) is 5.91 Å². The van der Waals surface area contributed by atoms with Crippen molar-refractivity contribution in [2.75, 3.05) is 11.9 Å². The van der Waals surface area contributed by atoms with Gasteiger partial charge in [-0.25, -0.2) is 22.9 Å². The molecule has 2 amide bonds. The van der Waals surface area contributed by atoms with Crippen molar-refractivity contribution in [1.82, 2.24) is 10.3 Å². The highest BCUT2D eigenvalue weighted by molar-refractivity contribution is 7.17. The zero-order valence-corrected chi connectivity index (χ0v) is 18.3. The zero-order valence-electron chi connectivity index (χ0n) is 17.4. The number of nitrogens with zero attached hydrogens (tertiary/aromatic N) is 1. The van der Waals surface area contributed by atoms with E-state index in [1.165, 1.54) is 6.92 Å². The molecule has 0 saturated carbocycles. The molecule has 1 heterocycles. The second-order valence-corrected chi connectivity index (χ2v) is 7.84. The normalized spacial score (nSPS) is 11.5. The first kappa shape index (κ1) is 23.9. The van der Waals surface area contributed by atoms with Crippen LogP contribution in [0.1, 0.15) is 22.3 Å². The van der Waals surface area contributed by atoms with E-state index < -0.39 is 53.6 Å². The van der Waals surface area contributed by atoms with Gasteiger partial charge in [-0.3, -0.25) is 9.59 Å². The molecular formula is C22H18F3N3O4S. The first-order chi connectivity index (χ1) is 15.7. The summed E-state index contributed by atoms with van der Waals surface area (Å²) in [5.74, 6) is -7.12. The van der Waals surface area contributed by atoms with Crippen molar-refractivity contribution >= 4 is 34.8 Å². The number of esters is 1. The number of anilines is 1. The molecule has 172 valence electrons. The summed E-state index contributed by atoms with van der Waals surface area (Å²) in [6.45, 7) is 2.34. The highest BCUT2D eigenvalue weighted by Gasteiger charge is 2.24. The first-order valence-electron chi connectivity index (χ1n) is 9.62. The van der Waals surface area contributed by atoms with Crippen LogP contribution < -0.4 is 10.6 Å². The zero-order chi connectivity index (χ0) is 24.1. The Morgan fingerprint density at radius 3 is 2.45 bits per heavy atom. The van der Waals surface area contributed by atoms with Gasteiger partial charge in [-0.05, 0) is 26.0 Å². The fraction of sp³-hybridized carbons (Fsp3) is 0.182. The van der Waals surface area contributed by atoms with Crippen molar-refractivity contribution in [1.29, 1.82) is 0 Å². The molecule has 0 saturated heterocycles. The number of hydrogen-bond acceptors (Lipinski definition) is 6. The molecule has 2 aromatic carbocycles. The largest absolute Gasteiger partial charge is 0.448 e. The summed E-state index contributed by atoms with van der Waals surface area (Å²) >= 11 is 1.12. The Morgan fingerprint density at radius 2 is 1.76 bits per heavy atom. The van der Waals surface area contributed by atoms with E-state index in [9.17, 15) is 27.6 Å². The number of rotatable bonds is 7. The summed E-state index contributed by atoms with van der Waals surface area (Å²) < 4.78 is 45.0. The molecule has 0 aliphatic rings. The summed E-state index contributed by atoms with van der Waals surface area (Å²) in [7, 11) is 0. The predicted molar refractivity (Wildman–Crippen MR) is 115 cm³/mol. The lowest BCUT2D eigenvalue weighted by molar-refractivity contribution is -0.130. The number of aromatic nitrogens is 1. The van der Waals surface area contributed by atoms with E-state index >= 15 is 0 Å². The average molecular weight is 477 g/mol. The van der Waals surface area contributed by atoms with Crippen LogP contribution in [0.3, 0.4) is 0 Å². The molecule has 0 aliphatic carbocycles. The molecule has 1 unspecified atom stereocenters. The van der Waals surface area contributed by atoms with Gasteiger partial charge in [0.25, 0.3) is 5.91 Å². The number of benzene rings is 2. The third-order valence-electron chi connectivity index (χ3n) is 4.39. The molecule has 0 aliphatic heterocycles. The third kappa shape index (κ3) is 5.75. The van der Waals surface area contributed by atoms with Gasteiger partial charge in [-0.1, -0.05) is 30.3 Å². The minimum atomic E-state index is -1.73. The van der Waals surface area contributed by atoms with Gasteiger partial charge in [-0.2, -0.15) is 0 Å². The second kappa shape index (κ2) is 10.3. The Kier molecular flexibility index (Phi) is 7.44. The number of halogens is 3. The second-order valence-electron chi connectivity index (χ2n) is 6.84. The molecule has 1 atom stereocenters. The van der Waals surface area contributed by atoms with Crippen molar-refractivity contribution < 1.29 is 32.3 Å². The van der Waals surface area contributed by atoms with Crippen LogP contribution in [-0.4, -0.2) is 35.4 Å². The average Bonchev–Trinajstić information content (AvgIpc) is 3.20. The van der Waals surface area contributed by atoms with Gasteiger partial charge < -0.3 is 15.4 Å². The number of thiazole rings is 1. The van der Waals surface area contributed by atoms with Crippen molar-refractivity contribution in [2.45, 2.75) is 20.0 Å². The van der Waals surface area contributed by atoms with E-state index in [0.29, 0.717) is 16.8 Å². The van der Waals surface area contributed by atoms with E-state index in [-0.39, 0.29) is 4.88 Å². The summed E-state index contributed by atoms with van der Waals surface area (Å²) in [5.41, 5.74) is 0.700. The molecule has 0 spiro atoms. The Bertz CT molecular complexity index is 1200. The Morgan fingerprint density at radius 1 is 1.06 bits per heavy atom. The summed E-state index contributed by atoms with van der Waals surface area (Å²) in [6.07, 6.45) is -1.24. The number of carbonyl (C=O) groups excluding carboxylic acids is 3. The highest BCUT2D eigenvalue weighted by atomic mass is 32.1. The van der Waals surface area contributed by atoms with Crippen LogP contribution in [0, 0.1) is 24.4 Å². The fourth-order valence-electron chi connectivity index (χ4n) is 2.69. The van der Waals surface area contributed by atoms with Gasteiger partial charge in [0.05, 0.1) is 17.9 Å². The maximum Gasteiger partial charge on any atom is 0.351 e. The first-order valence-corrected chi connectivity index (χ1v) is 10.4. The summed E-state index contributed by atoms with van der Waals surface area (Å²) in [4.78, 5) is 41.1. The maximum absolute atomic E-state index is 13.6. The number of aryl methyl sites for hydroxylation is 1. The lowest BCUT2D eigenvalue weighted by Gasteiger charge is -2.13. The van der Waals surface area contributed by atoms with Crippen LogP contribution in [0.15, 0.2) is 42.5 Å². The van der Waals surface area contributed by atoms with Gasteiger partial charge in [0, 0.05) is 5.56 Å². The fourth-order valence-corrected chi connectivity index (χ4v) is 3.64. The van der Waals surface area contributed by atoms with Crippen molar-refractivity contribution in [3.63, 3.8) is 0 Å². The monoisotopic (exact) mass is 477 g/mol. The number of amides is 2. The number of nitrogens with one attached hydrogen (secondary N) is 2. The molecule has 0 radical (unpaired) electrons. The van der Waals surface area contributed by atoms with E-state index in [4.69, 9.17) is 4.74 Å². The quantitative estimate of drug-likeness (QED) is 0.398. The number of hydrogen-bond donors (Lipinski definition) is 2. The molecule has 0 fully saturated rings. The molecule has 11 heteroatoms. The summed E-state index contributed by atoms with van der Waals surface area (Å²) in [5, 5.41) is 4.86. The topological polar surface area (TPSA) is 97.4 Å². The lowest BCUT2D eigenvalue weighted by Crippen LogP contribution is -2.40. The van der Waals surface area contributed by atoms with Crippen LogP contribution >= 0.6 is 11.3 Å². The molecule has 2 N–H and O–H groups in total. The summed E-state index contributed by atoms with van der Waals surface area (Å²) in [6, 6.07) is 10.7. The minimum Gasteiger partial charge on any atom is -0.448 e. The smallest absolute Gasteiger partial charge is 0.351 e. The Balaban J connectivity index is 1.54. The third-order valence-corrected chi connectivity index (χ3v) is 5.57. The Hall–Kier alpha value is -3.73. The van der Waals surface area contributed by atoms with E-state index in [1.807, 2.05) is 35.6 Å². The van der Waals surface area contributed by atoms with E-state index in [1.54, 1.807) is 6.92 Å². The molecule has 3 aromatic rings. The van der Waals surface area contributed by atoms with Crippen LogP contribution in [0.5, 0.6) is 0 Å². The van der Waals surface area contributed by atoms with Crippen LogP contribution in [-0.2, 0) is 14.3 Å².